The molecule has 3 aromatic carbocycles. The van der Waals surface area contributed by atoms with Crippen LogP contribution in [0, 0.1) is 0 Å². The van der Waals surface area contributed by atoms with Crippen molar-refractivity contribution < 1.29 is 14.6 Å². The van der Waals surface area contributed by atoms with Crippen LogP contribution < -0.4 is 21.1 Å². The Labute approximate surface area is 187 Å². The maximum atomic E-state index is 12.8. The number of ether oxygens (including phenoxy) is 1. The van der Waals surface area contributed by atoms with Gasteiger partial charge in [-0.3, -0.25) is 4.79 Å². The van der Waals surface area contributed by atoms with Gasteiger partial charge in [0.05, 0.1) is 17.9 Å². The van der Waals surface area contributed by atoms with Gasteiger partial charge in [0.15, 0.2) is 0 Å². The number of rotatable bonds is 11. The lowest BCUT2D eigenvalue weighted by Gasteiger charge is -2.14. The Morgan fingerprint density at radius 2 is 1.74 bits per heavy atom. The molecule has 0 unspecified atom stereocenters. The number of halogens is 1. The molecule has 0 bridgehead atoms. The molecule has 0 aromatic heterocycles. The van der Waals surface area contributed by atoms with E-state index in [-0.39, 0.29) is 11.3 Å². The van der Waals surface area contributed by atoms with Gasteiger partial charge in [0.25, 0.3) is 5.91 Å². The minimum absolute atomic E-state index is 0.0756. The molecule has 0 aliphatic carbocycles. The molecule has 6 nitrogen and oxygen atoms in total. The van der Waals surface area contributed by atoms with E-state index in [9.17, 15) is 9.90 Å². The summed E-state index contributed by atoms with van der Waals surface area (Å²) in [6, 6.07) is 15.9. The Balaban J connectivity index is 1.62. The lowest BCUT2D eigenvalue weighted by Crippen LogP contribution is -2.19. The van der Waals surface area contributed by atoms with Crippen molar-refractivity contribution in [3.05, 3.63) is 65.2 Å². The minimum atomic E-state index is -0.419. The van der Waals surface area contributed by atoms with E-state index in [4.69, 9.17) is 22.1 Å². The average molecular weight is 442 g/mol. The topological polar surface area (TPSA) is 96.6 Å². The van der Waals surface area contributed by atoms with Crippen molar-refractivity contribution in [2.75, 3.05) is 31.6 Å². The lowest BCUT2D eigenvalue weighted by atomic mass is 10.1. The number of amides is 1. The van der Waals surface area contributed by atoms with Gasteiger partial charge < -0.3 is 26.2 Å². The van der Waals surface area contributed by atoms with Crippen LogP contribution in [0.4, 0.5) is 5.69 Å². The zero-order chi connectivity index (χ0) is 22.1. The summed E-state index contributed by atoms with van der Waals surface area (Å²) in [5.41, 5.74) is 6.18. The number of phenolic OH excluding ortho intramolecular Hbond substituents is 1. The second-order valence-electron chi connectivity index (χ2n) is 7.26. The van der Waals surface area contributed by atoms with Crippen LogP contribution in [0.25, 0.3) is 10.8 Å². The molecule has 0 spiro atoms. The van der Waals surface area contributed by atoms with Gasteiger partial charge in [0.1, 0.15) is 11.5 Å². The van der Waals surface area contributed by atoms with Crippen LogP contribution in [0.15, 0.2) is 54.6 Å². The number of nitrogens with two attached hydrogens (primary N) is 1. The van der Waals surface area contributed by atoms with Gasteiger partial charge in [-0.25, -0.2) is 0 Å². The fourth-order valence-electron chi connectivity index (χ4n) is 3.22. The van der Waals surface area contributed by atoms with Gasteiger partial charge in [-0.1, -0.05) is 35.9 Å². The lowest BCUT2D eigenvalue weighted by molar-refractivity contribution is 0.102. The fraction of sp³-hybridized carbons (Fsp3) is 0.292. The zero-order valence-electron chi connectivity index (χ0n) is 17.4. The molecule has 0 radical (unpaired) electrons. The number of anilines is 1. The first-order valence-corrected chi connectivity index (χ1v) is 10.8. The standard InChI is InChI=1S/C24H28ClN3O3/c25-19-8-9-21(23(16-19)31-13-5-12-27-11-4-3-10-26)28-24(30)20-14-17-6-1-2-7-18(17)15-22(20)29/h1-2,6-9,14-16,27,29H,3-5,10-13,26H2,(H,28,30). The maximum absolute atomic E-state index is 12.8. The summed E-state index contributed by atoms with van der Waals surface area (Å²) in [5, 5.41) is 18.7. The molecule has 3 rings (SSSR count). The Kier molecular flexibility index (Phi) is 8.53. The summed E-state index contributed by atoms with van der Waals surface area (Å²) in [4.78, 5) is 12.8. The highest BCUT2D eigenvalue weighted by Gasteiger charge is 2.15. The van der Waals surface area contributed by atoms with Crippen molar-refractivity contribution in [1.29, 1.82) is 0 Å². The minimum Gasteiger partial charge on any atom is -0.507 e. The van der Waals surface area contributed by atoms with E-state index in [0.29, 0.717) is 29.6 Å². The van der Waals surface area contributed by atoms with E-state index in [1.807, 2.05) is 24.3 Å². The first-order valence-electron chi connectivity index (χ1n) is 10.4. The van der Waals surface area contributed by atoms with Gasteiger partial charge in [-0.2, -0.15) is 0 Å². The molecule has 0 saturated carbocycles. The van der Waals surface area contributed by atoms with Gasteiger partial charge in [-0.15, -0.1) is 0 Å². The number of aromatic hydroxyl groups is 1. The van der Waals surface area contributed by atoms with Crippen molar-refractivity contribution in [3.63, 3.8) is 0 Å². The van der Waals surface area contributed by atoms with Gasteiger partial charge in [0, 0.05) is 11.1 Å². The molecular weight excluding hydrogens is 414 g/mol. The number of unbranched alkanes of at least 4 members (excludes halogenated alkanes) is 1. The number of carbonyl (C=O) groups is 1. The number of fused-ring (bicyclic) bond motifs is 1. The van der Waals surface area contributed by atoms with Crippen LogP contribution in [-0.4, -0.2) is 37.3 Å². The number of hydrogen-bond donors (Lipinski definition) is 4. The second kappa shape index (κ2) is 11.6. The maximum Gasteiger partial charge on any atom is 0.259 e. The largest absolute Gasteiger partial charge is 0.507 e. The highest BCUT2D eigenvalue weighted by molar-refractivity contribution is 6.30. The third-order valence-electron chi connectivity index (χ3n) is 4.86. The third kappa shape index (κ3) is 6.59. The zero-order valence-corrected chi connectivity index (χ0v) is 18.1. The van der Waals surface area contributed by atoms with Crippen LogP contribution in [0.5, 0.6) is 11.5 Å². The summed E-state index contributed by atoms with van der Waals surface area (Å²) in [6.07, 6.45) is 2.89. The molecule has 7 heteroatoms. The highest BCUT2D eigenvalue weighted by Crippen LogP contribution is 2.31. The molecular formula is C24H28ClN3O3. The van der Waals surface area contributed by atoms with E-state index in [2.05, 4.69) is 10.6 Å². The van der Waals surface area contributed by atoms with Crippen LogP contribution in [-0.2, 0) is 0 Å². The van der Waals surface area contributed by atoms with Gasteiger partial charge in [-0.05, 0) is 73.9 Å². The van der Waals surface area contributed by atoms with Gasteiger partial charge in [0.2, 0.25) is 0 Å². The van der Waals surface area contributed by atoms with Crippen molar-refractivity contribution in [2.45, 2.75) is 19.3 Å². The van der Waals surface area contributed by atoms with Crippen molar-refractivity contribution in [1.82, 2.24) is 5.32 Å². The van der Waals surface area contributed by atoms with Crippen LogP contribution >= 0.6 is 11.6 Å². The van der Waals surface area contributed by atoms with E-state index >= 15 is 0 Å². The second-order valence-corrected chi connectivity index (χ2v) is 7.70. The SMILES string of the molecule is NCCCCNCCCOc1cc(Cl)ccc1NC(=O)c1cc2ccccc2cc1O. The van der Waals surface area contributed by atoms with E-state index < -0.39 is 5.91 Å². The fourth-order valence-corrected chi connectivity index (χ4v) is 3.38. The quantitative estimate of drug-likeness (QED) is 0.327. The number of phenols is 1. The van der Waals surface area contributed by atoms with Crippen molar-refractivity contribution in [2.24, 2.45) is 5.73 Å². The van der Waals surface area contributed by atoms with E-state index in [1.54, 1.807) is 30.3 Å². The number of hydrogen-bond acceptors (Lipinski definition) is 5. The molecule has 31 heavy (non-hydrogen) atoms. The molecule has 0 aliphatic rings. The van der Waals surface area contributed by atoms with E-state index in [0.717, 1.165) is 43.1 Å². The predicted octanol–water partition coefficient (Wildman–Crippen LogP) is 4.55. The summed E-state index contributed by atoms with van der Waals surface area (Å²) in [6.45, 7) is 2.96. The van der Waals surface area contributed by atoms with Crippen LogP contribution in [0.2, 0.25) is 5.02 Å². The van der Waals surface area contributed by atoms with Crippen LogP contribution in [0.3, 0.4) is 0 Å². The Bertz CT molecular complexity index is 1030. The summed E-state index contributed by atoms with van der Waals surface area (Å²) < 4.78 is 5.86. The first-order chi connectivity index (χ1) is 15.1. The molecule has 3 aromatic rings. The molecule has 0 heterocycles. The number of nitrogens with one attached hydrogen (secondary N) is 2. The highest BCUT2D eigenvalue weighted by atomic mass is 35.5. The predicted molar refractivity (Wildman–Crippen MR) is 126 cm³/mol. The normalized spacial score (nSPS) is 10.9. The first kappa shape index (κ1) is 22.9. The smallest absolute Gasteiger partial charge is 0.259 e. The monoisotopic (exact) mass is 441 g/mol. The average Bonchev–Trinajstić information content (AvgIpc) is 2.76. The summed E-state index contributed by atoms with van der Waals surface area (Å²) >= 11 is 6.12. The molecule has 0 atom stereocenters. The summed E-state index contributed by atoms with van der Waals surface area (Å²) in [5.74, 6) is -0.00500. The molecule has 164 valence electrons. The summed E-state index contributed by atoms with van der Waals surface area (Å²) in [7, 11) is 0. The molecule has 0 saturated heterocycles. The van der Waals surface area contributed by atoms with Gasteiger partial charge >= 0.3 is 0 Å². The van der Waals surface area contributed by atoms with E-state index in [1.165, 1.54) is 0 Å². The Hall–Kier alpha value is -2.80. The van der Waals surface area contributed by atoms with Crippen molar-refractivity contribution in [3.8, 4) is 11.5 Å². The molecule has 0 aliphatic heterocycles. The molecule has 5 N–H and O–H groups in total. The third-order valence-corrected chi connectivity index (χ3v) is 5.10. The Morgan fingerprint density at radius 1 is 1.00 bits per heavy atom. The molecule has 0 fully saturated rings. The number of carbonyl (C=O) groups excluding carboxylic acids is 1. The van der Waals surface area contributed by atoms with Crippen molar-refractivity contribution >= 4 is 34.0 Å². The van der Waals surface area contributed by atoms with Crippen LogP contribution in [0.1, 0.15) is 29.6 Å². The molecule has 1 amide bonds. The Morgan fingerprint density at radius 3 is 2.52 bits per heavy atom. The number of benzene rings is 3.